The number of benzene rings is 1. The molecule has 0 saturated heterocycles. The predicted octanol–water partition coefficient (Wildman–Crippen LogP) is 1.65. The van der Waals surface area contributed by atoms with Gasteiger partial charge in [0, 0.05) is 19.2 Å². The minimum absolute atomic E-state index is 0.0997. The third kappa shape index (κ3) is 2.71. The molecule has 0 aromatic heterocycles. The predicted molar refractivity (Wildman–Crippen MR) is 50.5 cm³/mol. The maximum absolute atomic E-state index is 10.5. The standard InChI is InChI=1S/C8H8N2O5/c1-15-5-6-2-7(9(11)12)4-8(3-6)10(13)14/h2-4H,5H2,1H3. The SMILES string of the molecule is COCc1cc([N+](=O)[O-])cc([N+](=O)[O-])c1. The normalized spacial score (nSPS) is 9.93. The zero-order chi connectivity index (χ0) is 11.4. The van der Waals surface area contributed by atoms with E-state index in [2.05, 4.69) is 0 Å². The average molecular weight is 212 g/mol. The molecule has 1 aromatic carbocycles. The van der Waals surface area contributed by atoms with Gasteiger partial charge in [0.15, 0.2) is 0 Å². The molecule has 0 heterocycles. The Bertz CT molecular complexity index is 372. The second-order valence-corrected chi connectivity index (χ2v) is 2.80. The van der Waals surface area contributed by atoms with Crippen molar-refractivity contribution in [2.75, 3.05) is 7.11 Å². The molecule has 7 heteroatoms. The zero-order valence-corrected chi connectivity index (χ0v) is 7.87. The Kier molecular flexibility index (Phi) is 3.29. The molecule has 0 aliphatic carbocycles. The number of ether oxygens (including phenoxy) is 1. The largest absolute Gasteiger partial charge is 0.380 e. The molecule has 0 radical (unpaired) electrons. The van der Waals surface area contributed by atoms with Crippen LogP contribution in [0.15, 0.2) is 18.2 Å². The van der Waals surface area contributed by atoms with Gasteiger partial charge in [-0.15, -0.1) is 0 Å². The van der Waals surface area contributed by atoms with Crippen LogP contribution in [0.5, 0.6) is 0 Å². The summed E-state index contributed by atoms with van der Waals surface area (Å²) in [5.41, 5.74) is -0.217. The molecule has 0 aliphatic heterocycles. The van der Waals surface area contributed by atoms with Crippen molar-refractivity contribution in [1.82, 2.24) is 0 Å². The maximum Gasteiger partial charge on any atom is 0.276 e. The number of nitrogens with zero attached hydrogens (tertiary/aromatic N) is 2. The lowest BCUT2D eigenvalue weighted by atomic mass is 10.2. The Balaban J connectivity index is 3.19. The third-order valence-electron chi connectivity index (χ3n) is 1.69. The lowest BCUT2D eigenvalue weighted by Gasteiger charge is -1.99. The second-order valence-electron chi connectivity index (χ2n) is 2.80. The summed E-state index contributed by atoms with van der Waals surface area (Å²) < 4.78 is 4.75. The van der Waals surface area contributed by atoms with Gasteiger partial charge in [0.05, 0.1) is 22.5 Å². The Morgan fingerprint density at radius 3 is 1.93 bits per heavy atom. The van der Waals surface area contributed by atoms with E-state index >= 15 is 0 Å². The van der Waals surface area contributed by atoms with E-state index in [0.717, 1.165) is 6.07 Å². The number of non-ortho nitro benzene ring substituents is 2. The van der Waals surface area contributed by atoms with Gasteiger partial charge >= 0.3 is 0 Å². The summed E-state index contributed by atoms with van der Waals surface area (Å²) in [5.74, 6) is 0. The summed E-state index contributed by atoms with van der Waals surface area (Å²) in [6, 6.07) is 3.41. The van der Waals surface area contributed by atoms with Gasteiger partial charge in [0.1, 0.15) is 0 Å². The third-order valence-corrected chi connectivity index (χ3v) is 1.69. The number of hydrogen-bond acceptors (Lipinski definition) is 5. The molecule has 0 unspecified atom stereocenters. The number of rotatable bonds is 4. The fourth-order valence-corrected chi connectivity index (χ4v) is 1.12. The highest BCUT2D eigenvalue weighted by molar-refractivity contribution is 5.46. The Morgan fingerprint density at radius 1 is 1.13 bits per heavy atom. The summed E-state index contributed by atoms with van der Waals surface area (Å²) in [6.45, 7) is 0.0997. The monoisotopic (exact) mass is 212 g/mol. The molecule has 0 atom stereocenters. The zero-order valence-electron chi connectivity index (χ0n) is 7.87. The molecule has 0 amide bonds. The van der Waals surface area contributed by atoms with Crippen LogP contribution in [0.2, 0.25) is 0 Å². The molecule has 1 aromatic rings. The van der Waals surface area contributed by atoms with Gasteiger partial charge < -0.3 is 4.74 Å². The van der Waals surface area contributed by atoms with E-state index in [1.165, 1.54) is 19.2 Å². The molecule has 0 saturated carbocycles. The van der Waals surface area contributed by atoms with E-state index in [-0.39, 0.29) is 18.0 Å². The molecule has 0 fully saturated rings. The fraction of sp³-hybridized carbons (Fsp3) is 0.250. The molecule has 15 heavy (non-hydrogen) atoms. The Labute approximate surface area is 84.6 Å². The van der Waals surface area contributed by atoms with Gasteiger partial charge in [-0.05, 0) is 5.56 Å². The van der Waals surface area contributed by atoms with E-state index in [1.807, 2.05) is 0 Å². The van der Waals surface area contributed by atoms with Crippen LogP contribution in [0.4, 0.5) is 11.4 Å². The maximum atomic E-state index is 10.5. The average Bonchev–Trinajstić information content (AvgIpc) is 2.17. The first-order chi connectivity index (χ1) is 7.04. The molecule has 7 nitrogen and oxygen atoms in total. The minimum atomic E-state index is -0.674. The quantitative estimate of drug-likeness (QED) is 0.558. The van der Waals surface area contributed by atoms with Gasteiger partial charge in [0.2, 0.25) is 0 Å². The summed E-state index contributed by atoms with van der Waals surface area (Å²) >= 11 is 0. The van der Waals surface area contributed by atoms with Gasteiger partial charge in [-0.2, -0.15) is 0 Å². The molecular weight excluding hydrogens is 204 g/mol. The number of nitro benzene ring substituents is 2. The first kappa shape index (κ1) is 11.1. The van der Waals surface area contributed by atoms with Crippen molar-refractivity contribution in [2.45, 2.75) is 6.61 Å². The van der Waals surface area contributed by atoms with Gasteiger partial charge in [0.25, 0.3) is 11.4 Å². The number of nitro groups is 2. The highest BCUT2D eigenvalue weighted by Crippen LogP contribution is 2.22. The minimum Gasteiger partial charge on any atom is -0.380 e. The van der Waals surface area contributed by atoms with Crippen LogP contribution in [0.25, 0.3) is 0 Å². The first-order valence-electron chi connectivity index (χ1n) is 3.96. The summed E-state index contributed by atoms with van der Waals surface area (Å²) in [4.78, 5) is 19.6. The van der Waals surface area contributed by atoms with Crippen LogP contribution in [0.3, 0.4) is 0 Å². The van der Waals surface area contributed by atoms with Crippen molar-refractivity contribution in [3.8, 4) is 0 Å². The molecule has 0 spiro atoms. The van der Waals surface area contributed by atoms with Crippen molar-refractivity contribution >= 4 is 11.4 Å². The molecule has 0 N–H and O–H groups in total. The van der Waals surface area contributed by atoms with E-state index in [1.54, 1.807) is 0 Å². The van der Waals surface area contributed by atoms with Crippen LogP contribution >= 0.6 is 0 Å². The molecule has 0 aliphatic rings. The smallest absolute Gasteiger partial charge is 0.276 e. The Hall–Kier alpha value is -2.02. The van der Waals surface area contributed by atoms with Gasteiger partial charge in [-0.25, -0.2) is 0 Å². The van der Waals surface area contributed by atoms with Gasteiger partial charge in [-0.3, -0.25) is 20.2 Å². The topological polar surface area (TPSA) is 95.5 Å². The van der Waals surface area contributed by atoms with Crippen molar-refractivity contribution in [3.63, 3.8) is 0 Å². The molecule has 1 rings (SSSR count). The Morgan fingerprint density at radius 2 is 1.60 bits per heavy atom. The molecule has 0 bridgehead atoms. The first-order valence-corrected chi connectivity index (χ1v) is 3.96. The van der Waals surface area contributed by atoms with E-state index in [9.17, 15) is 20.2 Å². The number of hydrogen-bond donors (Lipinski definition) is 0. The number of methoxy groups -OCH3 is 1. The van der Waals surface area contributed by atoms with Crippen LogP contribution < -0.4 is 0 Å². The highest BCUT2D eigenvalue weighted by atomic mass is 16.6. The summed E-state index contributed by atoms with van der Waals surface area (Å²) in [7, 11) is 1.41. The lowest BCUT2D eigenvalue weighted by molar-refractivity contribution is -0.394. The molecule has 80 valence electrons. The van der Waals surface area contributed by atoms with Crippen molar-refractivity contribution in [2.24, 2.45) is 0 Å². The summed E-state index contributed by atoms with van der Waals surface area (Å²) in [5, 5.41) is 20.9. The fourth-order valence-electron chi connectivity index (χ4n) is 1.12. The highest BCUT2D eigenvalue weighted by Gasteiger charge is 2.15. The second kappa shape index (κ2) is 4.47. The van der Waals surface area contributed by atoms with Crippen molar-refractivity contribution < 1.29 is 14.6 Å². The van der Waals surface area contributed by atoms with Crippen LogP contribution in [0.1, 0.15) is 5.56 Å². The summed E-state index contributed by atoms with van der Waals surface area (Å²) in [6.07, 6.45) is 0. The van der Waals surface area contributed by atoms with Crippen molar-refractivity contribution in [3.05, 3.63) is 44.0 Å². The van der Waals surface area contributed by atoms with Crippen molar-refractivity contribution in [1.29, 1.82) is 0 Å². The van der Waals surface area contributed by atoms with E-state index in [4.69, 9.17) is 4.74 Å². The van der Waals surface area contributed by atoms with E-state index in [0.29, 0.717) is 5.56 Å². The van der Waals surface area contributed by atoms with E-state index < -0.39 is 9.85 Å². The van der Waals surface area contributed by atoms with Crippen LogP contribution in [0, 0.1) is 20.2 Å². The lowest BCUT2D eigenvalue weighted by Crippen LogP contribution is -1.96. The van der Waals surface area contributed by atoms with Crippen LogP contribution in [-0.2, 0) is 11.3 Å². The molecular formula is C8H8N2O5. The van der Waals surface area contributed by atoms with Gasteiger partial charge in [-0.1, -0.05) is 0 Å². The van der Waals surface area contributed by atoms with Crippen LogP contribution in [-0.4, -0.2) is 17.0 Å².